The number of hydrogen-bond donors (Lipinski definition) is 2. The number of likely N-dealkylation sites (tertiary alicyclic amines) is 1. The van der Waals surface area contributed by atoms with E-state index in [0.717, 1.165) is 31.9 Å². The fraction of sp³-hybridized carbons (Fsp3) is 0.885. The van der Waals surface area contributed by atoms with Gasteiger partial charge in [-0.3, -0.25) is 9.89 Å². The number of hydrogen-bond acceptors (Lipinski definition) is 5. The maximum Gasteiger partial charge on any atom is 0.0937 e. The zero-order chi connectivity index (χ0) is 23.9. The largest absolute Gasteiger partial charge is 0.395 e. The van der Waals surface area contributed by atoms with Crippen LogP contribution in [0.3, 0.4) is 0 Å². The SMILES string of the molecule is CC(C)(C)N1CCCCC1CO.CC1=NCC(C)(C)N1.CN1CC=C(C(C)(C)C)CC1. The molecule has 1 fully saturated rings. The molecule has 0 aliphatic carbocycles. The van der Waals surface area contributed by atoms with E-state index in [-0.39, 0.29) is 11.1 Å². The minimum absolute atomic E-state index is 0.212. The Morgan fingerprint density at radius 2 is 1.77 bits per heavy atom. The van der Waals surface area contributed by atoms with Crippen LogP contribution in [0.25, 0.3) is 0 Å². The monoisotopic (exact) mass is 436 g/mol. The summed E-state index contributed by atoms with van der Waals surface area (Å²) in [6, 6.07) is 0.402. The van der Waals surface area contributed by atoms with Gasteiger partial charge in [0, 0.05) is 24.7 Å². The second-order valence-corrected chi connectivity index (χ2v) is 12.1. The number of rotatable bonds is 1. The van der Waals surface area contributed by atoms with Crippen LogP contribution in [0.2, 0.25) is 0 Å². The summed E-state index contributed by atoms with van der Waals surface area (Å²) in [5, 5.41) is 12.4. The molecule has 3 rings (SSSR count). The lowest BCUT2D eigenvalue weighted by atomic mass is 9.83. The van der Waals surface area contributed by atoms with Crippen molar-refractivity contribution in [3.8, 4) is 0 Å². The summed E-state index contributed by atoms with van der Waals surface area (Å²) in [6.07, 6.45) is 7.35. The van der Waals surface area contributed by atoms with E-state index in [1.807, 2.05) is 6.92 Å². The lowest BCUT2D eigenvalue weighted by Gasteiger charge is -2.43. The number of amidine groups is 1. The van der Waals surface area contributed by atoms with E-state index in [2.05, 4.69) is 88.6 Å². The summed E-state index contributed by atoms with van der Waals surface area (Å²) >= 11 is 0. The molecule has 31 heavy (non-hydrogen) atoms. The van der Waals surface area contributed by atoms with Gasteiger partial charge in [-0.1, -0.05) is 38.8 Å². The fourth-order valence-electron chi connectivity index (χ4n) is 4.41. The summed E-state index contributed by atoms with van der Waals surface area (Å²) in [5.41, 5.74) is 2.44. The summed E-state index contributed by atoms with van der Waals surface area (Å²) in [4.78, 5) is 8.98. The van der Waals surface area contributed by atoms with Gasteiger partial charge in [-0.15, -0.1) is 0 Å². The molecule has 3 heterocycles. The van der Waals surface area contributed by atoms with Gasteiger partial charge in [0.1, 0.15) is 0 Å². The number of likely N-dealkylation sites (N-methyl/N-ethyl adjacent to an activating group) is 1. The molecule has 5 nitrogen and oxygen atoms in total. The molecule has 0 aromatic carbocycles. The van der Waals surface area contributed by atoms with Crippen LogP contribution < -0.4 is 5.32 Å². The molecule has 2 N–H and O–H groups in total. The third-order valence-electron chi connectivity index (χ3n) is 6.31. The molecule has 0 saturated carbocycles. The molecule has 0 aromatic heterocycles. The van der Waals surface area contributed by atoms with Crippen molar-refractivity contribution >= 4 is 5.84 Å². The average molecular weight is 437 g/mol. The van der Waals surface area contributed by atoms with Gasteiger partial charge >= 0.3 is 0 Å². The van der Waals surface area contributed by atoms with Gasteiger partial charge in [0.15, 0.2) is 0 Å². The molecule has 3 aliphatic rings. The highest BCUT2D eigenvalue weighted by Crippen LogP contribution is 2.29. The van der Waals surface area contributed by atoms with E-state index in [0.29, 0.717) is 18.1 Å². The van der Waals surface area contributed by atoms with Gasteiger partial charge in [-0.25, -0.2) is 0 Å². The smallest absolute Gasteiger partial charge is 0.0937 e. The first kappa shape index (κ1) is 28.1. The first-order valence-corrected chi connectivity index (χ1v) is 12.2. The van der Waals surface area contributed by atoms with Crippen molar-refractivity contribution in [1.82, 2.24) is 15.1 Å². The normalized spacial score (nSPS) is 24.7. The van der Waals surface area contributed by atoms with Crippen LogP contribution in [0.1, 0.15) is 88.0 Å². The Labute approximate surface area is 193 Å². The van der Waals surface area contributed by atoms with Crippen LogP contribution in [0.4, 0.5) is 0 Å². The Hall–Kier alpha value is -0.910. The summed E-state index contributed by atoms with van der Waals surface area (Å²) < 4.78 is 0. The van der Waals surface area contributed by atoms with Gasteiger partial charge in [0.2, 0.25) is 0 Å². The first-order chi connectivity index (χ1) is 14.2. The van der Waals surface area contributed by atoms with E-state index in [9.17, 15) is 5.11 Å². The van der Waals surface area contributed by atoms with E-state index in [1.165, 1.54) is 25.8 Å². The standard InChI is InChI=1S/C10H21NO.C10H19N.C6H12N2/c1-10(2,3)11-7-5-4-6-9(11)8-12;1-10(2,3)9-5-7-11(4)8-6-9;1-5-7-4-6(2,3)8-5/h9,12H,4-8H2,1-3H3;5H,6-8H2,1-4H3;4H2,1-3H3,(H,7,8). The van der Waals surface area contributed by atoms with Gasteiger partial charge in [-0.05, 0) is 79.8 Å². The molecule has 182 valence electrons. The molecule has 1 atom stereocenters. The third-order valence-corrected chi connectivity index (χ3v) is 6.31. The topological polar surface area (TPSA) is 51.1 Å². The molecule has 0 amide bonds. The molecular weight excluding hydrogens is 384 g/mol. The highest BCUT2D eigenvalue weighted by molar-refractivity contribution is 5.82. The number of aliphatic imine (C=N–C) groups is 1. The van der Waals surface area contributed by atoms with Crippen LogP contribution in [0.15, 0.2) is 16.6 Å². The van der Waals surface area contributed by atoms with Crippen LogP contribution in [-0.2, 0) is 0 Å². The van der Waals surface area contributed by atoms with Gasteiger partial charge in [-0.2, -0.15) is 0 Å². The van der Waals surface area contributed by atoms with Crippen molar-refractivity contribution in [2.75, 3.05) is 39.8 Å². The number of aliphatic hydroxyl groups is 1. The van der Waals surface area contributed by atoms with E-state index >= 15 is 0 Å². The van der Waals surface area contributed by atoms with Crippen molar-refractivity contribution in [2.45, 2.75) is 105 Å². The molecule has 0 aromatic rings. The Balaban J connectivity index is 0.000000237. The van der Waals surface area contributed by atoms with Crippen molar-refractivity contribution in [3.63, 3.8) is 0 Å². The number of nitrogens with zero attached hydrogens (tertiary/aromatic N) is 3. The van der Waals surface area contributed by atoms with Crippen LogP contribution in [-0.4, -0.2) is 77.7 Å². The van der Waals surface area contributed by atoms with Crippen LogP contribution in [0.5, 0.6) is 0 Å². The molecule has 1 unspecified atom stereocenters. The average Bonchev–Trinajstić information content (AvgIpc) is 2.98. The van der Waals surface area contributed by atoms with Crippen LogP contribution >= 0.6 is 0 Å². The third kappa shape index (κ3) is 10.5. The Bertz CT molecular complexity index is 596. The van der Waals surface area contributed by atoms with E-state index < -0.39 is 0 Å². The highest BCUT2D eigenvalue weighted by atomic mass is 16.3. The zero-order valence-electron chi connectivity index (χ0n) is 22.3. The van der Waals surface area contributed by atoms with E-state index in [4.69, 9.17) is 0 Å². The molecule has 0 bridgehead atoms. The molecule has 3 aliphatic heterocycles. The minimum atomic E-state index is 0.212. The molecule has 0 spiro atoms. The van der Waals surface area contributed by atoms with E-state index in [1.54, 1.807) is 5.57 Å². The zero-order valence-corrected chi connectivity index (χ0v) is 22.3. The molecule has 1 saturated heterocycles. The number of piperidine rings is 1. The summed E-state index contributed by atoms with van der Waals surface area (Å²) in [5.74, 6) is 1.06. The maximum atomic E-state index is 9.18. The molecule has 0 radical (unpaired) electrons. The van der Waals surface area contributed by atoms with Crippen LogP contribution in [0, 0.1) is 5.41 Å². The maximum absolute atomic E-state index is 9.18. The number of aliphatic hydroxyl groups excluding tert-OH is 1. The predicted molar refractivity (Wildman–Crippen MR) is 136 cm³/mol. The van der Waals surface area contributed by atoms with Crippen molar-refractivity contribution in [3.05, 3.63) is 11.6 Å². The summed E-state index contributed by atoms with van der Waals surface area (Å²) in [6.45, 7) is 24.6. The van der Waals surface area contributed by atoms with Gasteiger partial charge in [0.05, 0.1) is 24.5 Å². The second kappa shape index (κ2) is 11.8. The molecule has 5 heteroatoms. The minimum Gasteiger partial charge on any atom is -0.395 e. The number of nitrogens with one attached hydrogen (secondary N) is 1. The van der Waals surface area contributed by atoms with Crippen molar-refractivity contribution in [2.24, 2.45) is 10.4 Å². The van der Waals surface area contributed by atoms with Crippen molar-refractivity contribution < 1.29 is 5.11 Å². The van der Waals surface area contributed by atoms with Gasteiger partial charge < -0.3 is 15.3 Å². The Kier molecular flexibility index (Phi) is 10.7. The first-order valence-electron chi connectivity index (χ1n) is 12.2. The predicted octanol–water partition coefficient (Wildman–Crippen LogP) is 4.71. The van der Waals surface area contributed by atoms with Crippen molar-refractivity contribution in [1.29, 1.82) is 0 Å². The summed E-state index contributed by atoms with van der Waals surface area (Å²) in [7, 11) is 2.18. The quantitative estimate of drug-likeness (QED) is 0.584. The second-order valence-electron chi connectivity index (χ2n) is 12.1. The van der Waals surface area contributed by atoms with Gasteiger partial charge in [0.25, 0.3) is 0 Å². The fourth-order valence-corrected chi connectivity index (χ4v) is 4.41. The Morgan fingerprint density at radius 1 is 1.13 bits per heavy atom. The Morgan fingerprint density at radius 3 is 2.10 bits per heavy atom. The lowest BCUT2D eigenvalue weighted by Crippen LogP contribution is -2.52. The molecular formula is C26H52N4O. The highest BCUT2D eigenvalue weighted by Gasteiger charge is 2.30. The lowest BCUT2D eigenvalue weighted by molar-refractivity contribution is 0.0203.